The molecule has 1 aliphatic rings. The van der Waals surface area contributed by atoms with E-state index in [1.807, 2.05) is 19.2 Å². The van der Waals surface area contributed by atoms with Gasteiger partial charge in [-0.25, -0.2) is 9.78 Å². The monoisotopic (exact) mass is 253 g/mol. The van der Waals surface area contributed by atoms with Gasteiger partial charge in [0.2, 0.25) is 5.91 Å². The number of carbonyl (C=O) groups is 2. The molecule has 6 heteroatoms. The summed E-state index contributed by atoms with van der Waals surface area (Å²) in [6.45, 7) is 4.88. The Bertz CT molecular complexity index is 444. The van der Waals surface area contributed by atoms with Crippen molar-refractivity contribution in [1.82, 2.24) is 15.2 Å². The summed E-state index contributed by atoms with van der Waals surface area (Å²) in [7, 11) is 0. The zero-order valence-electron chi connectivity index (χ0n) is 9.90. The Labute approximate surface area is 104 Å². The van der Waals surface area contributed by atoms with Crippen molar-refractivity contribution in [1.29, 1.82) is 0 Å². The SMILES string of the molecule is Cc1nc(CCN2CC(C)C(=O)NC2=O)cs1. The number of amides is 3. The summed E-state index contributed by atoms with van der Waals surface area (Å²) in [5.74, 6) is -0.319. The smallest absolute Gasteiger partial charge is 0.323 e. The van der Waals surface area contributed by atoms with E-state index in [1.165, 1.54) is 0 Å². The molecule has 17 heavy (non-hydrogen) atoms. The molecular weight excluding hydrogens is 238 g/mol. The molecule has 2 heterocycles. The summed E-state index contributed by atoms with van der Waals surface area (Å²) in [5.41, 5.74) is 1.00. The van der Waals surface area contributed by atoms with Gasteiger partial charge in [0.25, 0.3) is 0 Å². The van der Waals surface area contributed by atoms with Crippen molar-refractivity contribution in [2.45, 2.75) is 20.3 Å². The molecule has 3 amide bonds. The molecule has 5 nitrogen and oxygen atoms in total. The van der Waals surface area contributed by atoms with E-state index in [4.69, 9.17) is 0 Å². The van der Waals surface area contributed by atoms with Crippen molar-refractivity contribution in [2.75, 3.05) is 13.1 Å². The van der Waals surface area contributed by atoms with Gasteiger partial charge < -0.3 is 4.90 Å². The van der Waals surface area contributed by atoms with Gasteiger partial charge in [0, 0.05) is 24.9 Å². The maximum Gasteiger partial charge on any atom is 0.324 e. The van der Waals surface area contributed by atoms with Crippen molar-refractivity contribution in [3.8, 4) is 0 Å². The molecular formula is C11H15N3O2S. The van der Waals surface area contributed by atoms with Gasteiger partial charge in [-0.15, -0.1) is 11.3 Å². The molecule has 1 N–H and O–H groups in total. The fraction of sp³-hybridized carbons (Fsp3) is 0.545. The second-order valence-corrected chi connectivity index (χ2v) is 5.31. The van der Waals surface area contributed by atoms with Gasteiger partial charge in [-0.1, -0.05) is 6.92 Å². The maximum atomic E-state index is 11.6. The minimum absolute atomic E-state index is 0.134. The molecule has 0 spiro atoms. The van der Waals surface area contributed by atoms with E-state index < -0.39 is 0 Å². The molecule has 0 aromatic carbocycles. The van der Waals surface area contributed by atoms with E-state index in [2.05, 4.69) is 10.3 Å². The van der Waals surface area contributed by atoms with E-state index in [-0.39, 0.29) is 17.9 Å². The molecule has 1 aliphatic heterocycles. The minimum Gasteiger partial charge on any atom is -0.323 e. The van der Waals surface area contributed by atoms with E-state index >= 15 is 0 Å². The molecule has 1 unspecified atom stereocenters. The van der Waals surface area contributed by atoms with Crippen LogP contribution in [0.4, 0.5) is 4.79 Å². The number of nitrogens with one attached hydrogen (secondary N) is 1. The van der Waals surface area contributed by atoms with Crippen LogP contribution < -0.4 is 5.32 Å². The second kappa shape index (κ2) is 4.83. The predicted octanol–water partition coefficient (Wildman–Crippen LogP) is 1.18. The van der Waals surface area contributed by atoms with Crippen LogP contribution in [0.3, 0.4) is 0 Å². The summed E-state index contributed by atoms with van der Waals surface area (Å²) in [4.78, 5) is 28.8. The first kappa shape index (κ1) is 12.0. The molecule has 0 radical (unpaired) electrons. The first-order valence-electron chi connectivity index (χ1n) is 5.57. The summed E-state index contributed by atoms with van der Waals surface area (Å²) in [6, 6.07) is -0.292. The Morgan fingerprint density at radius 3 is 3.00 bits per heavy atom. The zero-order chi connectivity index (χ0) is 12.4. The lowest BCUT2D eigenvalue weighted by atomic mass is 10.1. The number of carbonyl (C=O) groups excluding carboxylic acids is 2. The molecule has 1 fully saturated rings. The van der Waals surface area contributed by atoms with Crippen molar-refractivity contribution >= 4 is 23.3 Å². The highest BCUT2D eigenvalue weighted by atomic mass is 32.1. The fourth-order valence-electron chi connectivity index (χ4n) is 1.77. The van der Waals surface area contributed by atoms with Crippen molar-refractivity contribution in [3.63, 3.8) is 0 Å². The highest BCUT2D eigenvalue weighted by molar-refractivity contribution is 7.09. The van der Waals surface area contributed by atoms with Crippen LogP contribution in [0, 0.1) is 12.8 Å². The van der Waals surface area contributed by atoms with Crippen molar-refractivity contribution in [3.05, 3.63) is 16.1 Å². The molecule has 1 aromatic rings. The van der Waals surface area contributed by atoms with E-state index in [0.29, 0.717) is 13.1 Å². The van der Waals surface area contributed by atoms with Crippen LogP contribution in [0.25, 0.3) is 0 Å². The van der Waals surface area contributed by atoms with Crippen LogP contribution in [0.2, 0.25) is 0 Å². The zero-order valence-corrected chi connectivity index (χ0v) is 10.7. The minimum atomic E-state index is -0.292. The number of nitrogens with zero attached hydrogens (tertiary/aromatic N) is 2. The number of hydrogen-bond donors (Lipinski definition) is 1. The van der Waals surface area contributed by atoms with Crippen molar-refractivity contribution in [2.24, 2.45) is 5.92 Å². The lowest BCUT2D eigenvalue weighted by molar-refractivity contribution is -0.125. The fourth-order valence-corrected chi connectivity index (χ4v) is 2.42. The molecule has 92 valence electrons. The molecule has 1 saturated heterocycles. The Morgan fingerprint density at radius 1 is 1.59 bits per heavy atom. The quantitative estimate of drug-likeness (QED) is 0.880. The Balaban J connectivity index is 1.90. The lowest BCUT2D eigenvalue weighted by Gasteiger charge is -2.30. The number of aromatic nitrogens is 1. The highest BCUT2D eigenvalue weighted by Gasteiger charge is 2.28. The summed E-state index contributed by atoms with van der Waals surface area (Å²) in [6.07, 6.45) is 0.735. The van der Waals surface area contributed by atoms with E-state index in [9.17, 15) is 9.59 Å². The molecule has 1 aromatic heterocycles. The van der Waals surface area contributed by atoms with Crippen LogP contribution >= 0.6 is 11.3 Å². The van der Waals surface area contributed by atoms with Gasteiger partial charge in [-0.2, -0.15) is 0 Å². The normalized spacial score (nSPS) is 20.6. The Kier molecular flexibility index (Phi) is 3.42. The molecule has 1 atom stereocenters. The van der Waals surface area contributed by atoms with Crippen LogP contribution in [0.15, 0.2) is 5.38 Å². The lowest BCUT2D eigenvalue weighted by Crippen LogP contribution is -2.54. The first-order chi connectivity index (χ1) is 8.06. The largest absolute Gasteiger partial charge is 0.324 e. The van der Waals surface area contributed by atoms with Crippen molar-refractivity contribution < 1.29 is 9.59 Å². The molecule has 0 saturated carbocycles. The molecule has 0 bridgehead atoms. The topological polar surface area (TPSA) is 62.3 Å². The number of imide groups is 1. The summed E-state index contributed by atoms with van der Waals surface area (Å²) < 4.78 is 0. The van der Waals surface area contributed by atoms with Gasteiger partial charge >= 0.3 is 6.03 Å². The van der Waals surface area contributed by atoms with Gasteiger partial charge in [-0.3, -0.25) is 10.1 Å². The van der Waals surface area contributed by atoms with Crippen LogP contribution in [-0.2, 0) is 11.2 Å². The Morgan fingerprint density at radius 2 is 2.35 bits per heavy atom. The standard InChI is InChI=1S/C11H15N3O2S/c1-7-5-14(11(16)13-10(7)15)4-3-9-6-17-8(2)12-9/h6-7H,3-5H2,1-2H3,(H,13,15,16). The van der Waals surface area contributed by atoms with E-state index in [1.54, 1.807) is 16.2 Å². The number of rotatable bonds is 3. The predicted molar refractivity (Wildman–Crippen MR) is 64.8 cm³/mol. The summed E-state index contributed by atoms with van der Waals surface area (Å²) >= 11 is 1.61. The molecule has 2 rings (SSSR count). The third-order valence-corrected chi connectivity index (χ3v) is 3.59. The van der Waals surface area contributed by atoms with Crippen LogP contribution in [0.1, 0.15) is 17.6 Å². The average molecular weight is 253 g/mol. The number of hydrogen-bond acceptors (Lipinski definition) is 4. The first-order valence-corrected chi connectivity index (χ1v) is 6.45. The molecule has 0 aliphatic carbocycles. The number of aryl methyl sites for hydroxylation is 1. The average Bonchev–Trinajstić information content (AvgIpc) is 2.68. The number of thiazole rings is 1. The second-order valence-electron chi connectivity index (χ2n) is 4.25. The maximum absolute atomic E-state index is 11.6. The number of urea groups is 1. The van der Waals surface area contributed by atoms with Gasteiger partial charge in [0.15, 0.2) is 0 Å². The van der Waals surface area contributed by atoms with Crippen LogP contribution in [-0.4, -0.2) is 34.9 Å². The summed E-state index contributed by atoms with van der Waals surface area (Å²) in [5, 5.41) is 5.39. The highest BCUT2D eigenvalue weighted by Crippen LogP contribution is 2.11. The van der Waals surface area contributed by atoms with E-state index in [0.717, 1.165) is 17.1 Å². The Hall–Kier alpha value is -1.43. The third kappa shape index (κ3) is 2.82. The van der Waals surface area contributed by atoms with Gasteiger partial charge in [-0.05, 0) is 6.92 Å². The van der Waals surface area contributed by atoms with Crippen LogP contribution in [0.5, 0.6) is 0 Å². The van der Waals surface area contributed by atoms with Gasteiger partial charge in [0.05, 0.1) is 16.6 Å². The third-order valence-electron chi connectivity index (χ3n) is 2.76. The van der Waals surface area contributed by atoms with Gasteiger partial charge in [0.1, 0.15) is 0 Å².